The van der Waals surface area contributed by atoms with Crippen molar-refractivity contribution in [3.63, 3.8) is 0 Å². The zero-order valence-electron chi connectivity index (χ0n) is 15.1. The molecule has 5 nitrogen and oxygen atoms in total. The summed E-state index contributed by atoms with van der Waals surface area (Å²) in [5.41, 5.74) is 1.39. The van der Waals surface area contributed by atoms with E-state index in [1.165, 1.54) is 18.4 Å². The second-order valence-electron chi connectivity index (χ2n) is 6.15. The van der Waals surface area contributed by atoms with Crippen LogP contribution in [0.5, 0.6) is 5.75 Å². The Kier molecular flexibility index (Phi) is 5.13. The summed E-state index contributed by atoms with van der Waals surface area (Å²) in [7, 11) is -2.28. The molecule has 0 fully saturated rings. The number of aromatic nitrogens is 1. The van der Waals surface area contributed by atoms with Gasteiger partial charge in [-0.3, -0.25) is 4.98 Å². The van der Waals surface area contributed by atoms with Gasteiger partial charge in [-0.25, -0.2) is 8.42 Å². The monoisotopic (exact) mass is 410 g/mol. The molecule has 1 unspecified atom stereocenters. The minimum Gasteiger partial charge on any atom is -0.494 e. The highest BCUT2D eigenvalue weighted by atomic mass is 32.2. The fourth-order valence-electron chi connectivity index (χ4n) is 3.13. The highest BCUT2D eigenvalue weighted by molar-refractivity contribution is 7.89. The summed E-state index contributed by atoms with van der Waals surface area (Å²) in [5.74, 6) is 0.535. The van der Waals surface area contributed by atoms with Gasteiger partial charge in [0.25, 0.3) is 0 Å². The molecule has 28 heavy (non-hydrogen) atoms. The molecule has 1 atom stereocenters. The fraction of sp³-hybridized carbons (Fsp3) is 0.0952. The van der Waals surface area contributed by atoms with Gasteiger partial charge in [-0.2, -0.15) is 4.72 Å². The molecule has 2 aromatic heterocycles. The highest BCUT2D eigenvalue weighted by Crippen LogP contribution is 2.32. The van der Waals surface area contributed by atoms with Crippen LogP contribution in [-0.2, 0) is 10.0 Å². The van der Waals surface area contributed by atoms with E-state index in [1.54, 1.807) is 30.5 Å². The van der Waals surface area contributed by atoms with Crippen LogP contribution < -0.4 is 9.46 Å². The van der Waals surface area contributed by atoms with E-state index in [1.807, 2.05) is 47.8 Å². The summed E-state index contributed by atoms with van der Waals surface area (Å²) in [5, 5.41) is 2.46. The van der Waals surface area contributed by atoms with Gasteiger partial charge in [0.15, 0.2) is 0 Å². The zero-order valence-corrected chi connectivity index (χ0v) is 16.7. The van der Waals surface area contributed by atoms with Gasteiger partial charge in [-0.1, -0.05) is 36.4 Å². The maximum Gasteiger partial charge on any atom is 0.242 e. The van der Waals surface area contributed by atoms with E-state index in [4.69, 9.17) is 4.74 Å². The van der Waals surface area contributed by atoms with E-state index >= 15 is 0 Å². The molecule has 2 aromatic carbocycles. The smallest absolute Gasteiger partial charge is 0.242 e. The topological polar surface area (TPSA) is 68.3 Å². The Morgan fingerprint density at radius 3 is 2.54 bits per heavy atom. The van der Waals surface area contributed by atoms with Gasteiger partial charge in [0, 0.05) is 16.5 Å². The number of methoxy groups -OCH3 is 1. The lowest BCUT2D eigenvalue weighted by Crippen LogP contribution is -2.29. The molecule has 1 N–H and O–H groups in total. The largest absolute Gasteiger partial charge is 0.494 e. The first-order valence-corrected chi connectivity index (χ1v) is 11.0. The first-order valence-electron chi connectivity index (χ1n) is 8.62. The van der Waals surface area contributed by atoms with E-state index in [-0.39, 0.29) is 4.90 Å². The van der Waals surface area contributed by atoms with Crippen molar-refractivity contribution in [1.82, 2.24) is 9.71 Å². The fourth-order valence-corrected chi connectivity index (χ4v) is 5.41. The molecule has 0 aliphatic carbocycles. The van der Waals surface area contributed by atoms with Crippen LogP contribution in [0, 0.1) is 0 Å². The standard InChI is InChI=1S/C21H18N2O3S2/c1-26-17-11-12-19(16-9-5-13-22-21(16)17)28(24,25)23-20(18-10-6-14-27-18)15-7-3-2-4-8-15/h2-14,20,23H,1H3. The molecule has 0 spiro atoms. The molecule has 7 heteroatoms. The molecule has 2 heterocycles. The van der Waals surface area contributed by atoms with Crippen LogP contribution in [-0.4, -0.2) is 20.5 Å². The molecule has 0 bridgehead atoms. The highest BCUT2D eigenvalue weighted by Gasteiger charge is 2.26. The average molecular weight is 411 g/mol. The van der Waals surface area contributed by atoms with Crippen LogP contribution in [0.4, 0.5) is 0 Å². The number of pyridine rings is 1. The van der Waals surface area contributed by atoms with E-state index in [0.29, 0.717) is 16.7 Å². The van der Waals surface area contributed by atoms with Crippen LogP contribution in [0.15, 0.2) is 83.2 Å². The minimum atomic E-state index is -3.82. The molecule has 0 saturated carbocycles. The van der Waals surface area contributed by atoms with Crippen molar-refractivity contribution in [1.29, 1.82) is 0 Å². The lowest BCUT2D eigenvalue weighted by atomic mass is 10.1. The first-order chi connectivity index (χ1) is 13.6. The summed E-state index contributed by atoms with van der Waals surface area (Å²) < 4.78 is 34.9. The van der Waals surface area contributed by atoms with Gasteiger partial charge < -0.3 is 4.74 Å². The molecule has 0 aliphatic heterocycles. The van der Waals surface area contributed by atoms with E-state index in [9.17, 15) is 8.42 Å². The third-order valence-electron chi connectivity index (χ3n) is 4.44. The second kappa shape index (κ2) is 7.71. The third kappa shape index (κ3) is 3.52. The predicted molar refractivity (Wildman–Crippen MR) is 111 cm³/mol. The van der Waals surface area contributed by atoms with E-state index in [0.717, 1.165) is 10.4 Å². The maximum atomic E-state index is 13.3. The number of hydrogen-bond donors (Lipinski definition) is 1. The van der Waals surface area contributed by atoms with Gasteiger partial charge in [-0.05, 0) is 41.3 Å². The number of sulfonamides is 1. The molecule has 4 aromatic rings. The van der Waals surface area contributed by atoms with Crippen molar-refractivity contribution >= 4 is 32.3 Å². The Balaban J connectivity index is 1.81. The summed E-state index contributed by atoms with van der Waals surface area (Å²) in [6.45, 7) is 0. The normalized spacial score (nSPS) is 12.8. The predicted octanol–water partition coefficient (Wildman–Crippen LogP) is 4.37. The van der Waals surface area contributed by atoms with Crippen LogP contribution in [0.25, 0.3) is 10.9 Å². The van der Waals surface area contributed by atoms with Crippen LogP contribution in [0.1, 0.15) is 16.5 Å². The van der Waals surface area contributed by atoms with Crippen LogP contribution in [0.3, 0.4) is 0 Å². The molecule has 4 rings (SSSR count). The minimum absolute atomic E-state index is 0.175. The Hall–Kier alpha value is -2.74. The van der Waals surface area contributed by atoms with Crippen molar-refractivity contribution in [2.24, 2.45) is 0 Å². The second-order valence-corrected chi connectivity index (χ2v) is 8.81. The average Bonchev–Trinajstić information content (AvgIpc) is 3.26. The molecule has 0 saturated heterocycles. The Morgan fingerprint density at radius 1 is 1.00 bits per heavy atom. The van der Waals surface area contributed by atoms with Crippen molar-refractivity contribution in [3.8, 4) is 5.75 Å². The van der Waals surface area contributed by atoms with Gasteiger partial charge >= 0.3 is 0 Å². The van der Waals surface area contributed by atoms with Gasteiger partial charge in [0.2, 0.25) is 10.0 Å². The molecule has 0 aliphatic rings. The number of rotatable bonds is 6. The molecule has 142 valence electrons. The zero-order chi connectivity index (χ0) is 19.6. The number of hydrogen-bond acceptors (Lipinski definition) is 5. The molecular weight excluding hydrogens is 392 g/mol. The number of fused-ring (bicyclic) bond motifs is 1. The molecule has 0 radical (unpaired) electrons. The Labute approximate surface area is 167 Å². The molecule has 0 amide bonds. The number of benzene rings is 2. The van der Waals surface area contributed by atoms with Crippen LogP contribution >= 0.6 is 11.3 Å². The van der Waals surface area contributed by atoms with Crippen molar-refractivity contribution < 1.29 is 13.2 Å². The van der Waals surface area contributed by atoms with E-state index in [2.05, 4.69) is 9.71 Å². The Bertz CT molecular complexity index is 1190. The van der Waals surface area contributed by atoms with Crippen LogP contribution in [0.2, 0.25) is 0 Å². The van der Waals surface area contributed by atoms with Crippen molar-refractivity contribution in [2.45, 2.75) is 10.9 Å². The first kappa shape index (κ1) is 18.6. The number of nitrogens with zero attached hydrogens (tertiary/aromatic N) is 1. The lowest BCUT2D eigenvalue weighted by Gasteiger charge is -2.19. The quantitative estimate of drug-likeness (QED) is 0.512. The lowest BCUT2D eigenvalue weighted by molar-refractivity contribution is 0.418. The maximum absolute atomic E-state index is 13.3. The van der Waals surface area contributed by atoms with Gasteiger partial charge in [0.05, 0.1) is 18.0 Å². The number of ether oxygens (including phenoxy) is 1. The number of thiophene rings is 1. The van der Waals surface area contributed by atoms with E-state index < -0.39 is 16.1 Å². The van der Waals surface area contributed by atoms with Gasteiger partial charge in [-0.15, -0.1) is 11.3 Å². The summed E-state index contributed by atoms with van der Waals surface area (Å²) in [6, 6.07) is 19.6. The SMILES string of the molecule is COc1ccc(S(=O)(=O)NC(c2ccccc2)c2cccs2)c2cccnc12. The van der Waals surface area contributed by atoms with Crippen molar-refractivity contribution in [2.75, 3.05) is 7.11 Å². The summed E-state index contributed by atoms with van der Waals surface area (Å²) in [6.07, 6.45) is 1.62. The Morgan fingerprint density at radius 2 is 1.82 bits per heavy atom. The summed E-state index contributed by atoms with van der Waals surface area (Å²) >= 11 is 1.51. The number of nitrogens with one attached hydrogen (secondary N) is 1. The van der Waals surface area contributed by atoms with Gasteiger partial charge in [0.1, 0.15) is 11.3 Å². The van der Waals surface area contributed by atoms with Crippen molar-refractivity contribution in [3.05, 3.63) is 88.7 Å². The third-order valence-corrected chi connectivity index (χ3v) is 6.85. The molecular formula is C21H18N2O3S2. The summed E-state index contributed by atoms with van der Waals surface area (Å²) in [4.78, 5) is 5.40.